The van der Waals surface area contributed by atoms with Crippen LogP contribution < -0.4 is 0 Å². The summed E-state index contributed by atoms with van der Waals surface area (Å²) in [6.07, 6.45) is 3.63. The third-order valence-corrected chi connectivity index (χ3v) is 3.11. The lowest BCUT2D eigenvalue weighted by molar-refractivity contribution is 0.266. The highest BCUT2D eigenvalue weighted by atomic mass is 16.3. The normalized spacial score (nSPS) is 10.8. The molecular weight excluding hydrogens is 212 g/mol. The molecule has 0 fully saturated rings. The van der Waals surface area contributed by atoms with Gasteiger partial charge in [-0.15, -0.1) is 0 Å². The number of aromatic nitrogens is 2. The fourth-order valence-corrected chi connectivity index (χ4v) is 2.27. The molecule has 1 aromatic carbocycles. The summed E-state index contributed by atoms with van der Waals surface area (Å²) in [7, 11) is 0. The van der Waals surface area contributed by atoms with Crippen LogP contribution in [0.1, 0.15) is 28.1 Å². The Bertz CT molecular complexity index is 506. The number of aliphatic hydroxyl groups is 1. The van der Waals surface area contributed by atoms with Gasteiger partial charge in [-0.05, 0) is 37.5 Å². The number of aryl methyl sites for hydroxylation is 3. The average Bonchev–Trinajstić information content (AvgIpc) is 2.70. The van der Waals surface area contributed by atoms with E-state index >= 15 is 0 Å². The Morgan fingerprint density at radius 2 is 1.82 bits per heavy atom. The maximum atomic E-state index is 9.18. The fraction of sp³-hybridized carbons (Fsp3) is 0.357. The van der Waals surface area contributed by atoms with Crippen LogP contribution in [0.5, 0.6) is 0 Å². The quantitative estimate of drug-likeness (QED) is 0.879. The van der Waals surface area contributed by atoms with Crippen LogP contribution in [-0.4, -0.2) is 14.7 Å². The number of hydrogen-bond acceptors (Lipinski definition) is 2. The van der Waals surface area contributed by atoms with Crippen LogP contribution in [0.2, 0.25) is 0 Å². The average molecular weight is 230 g/mol. The zero-order valence-electron chi connectivity index (χ0n) is 10.6. The van der Waals surface area contributed by atoms with E-state index < -0.39 is 0 Å². The second kappa shape index (κ2) is 4.72. The topological polar surface area (TPSA) is 38.0 Å². The van der Waals surface area contributed by atoms with Gasteiger partial charge in [-0.1, -0.05) is 17.7 Å². The van der Waals surface area contributed by atoms with Gasteiger partial charge in [0.2, 0.25) is 0 Å². The third-order valence-electron chi connectivity index (χ3n) is 3.11. The number of imidazole rings is 1. The van der Waals surface area contributed by atoms with Gasteiger partial charge in [0.1, 0.15) is 12.4 Å². The fourth-order valence-electron chi connectivity index (χ4n) is 2.27. The number of nitrogens with zero attached hydrogens (tertiary/aromatic N) is 2. The van der Waals surface area contributed by atoms with Gasteiger partial charge in [-0.3, -0.25) is 0 Å². The predicted octanol–water partition coefficient (Wildman–Crippen LogP) is 2.35. The van der Waals surface area contributed by atoms with Crippen molar-refractivity contribution in [1.82, 2.24) is 9.55 Å². The smallest absolute Gasteiger partial charge is 0.134 e. The van der Waals surface area contributed by atoms with E-state index in [-0.39, 0.29) is 6.61 Å². The molecule has 0 radical (unpaired) electrons. The highest BCUT2D eigenvalue weighted by Crippen LogP contribution is 2.18. The standard InChI is InChI=1S/C14H18N2O/c1-10-6-11(2)13(12(3)7-10)8-16-5-4-15-14(16)9-17/h4-7,17H,8-9H2,1-3H3. The number of hydrogen-bond donors (Lipinski definition) is 1. The maximum absolute atomic E-state index is 9.18. The minimum absolute atomic E-state index is 0.0169. The third kappa shape index (κ3) is 2.39. The molecule has 1 aromatic heterocycles. The lowest BCUT2D eigenvalue weighted by atomic mass is 10.00. The van der Waals surface area contributed by atoms with E-state index in [1.165, 1.54) is 22.3 Å². The molecule has 3 heteroatoms. The molecule has 17 heavy (non-hydrogen) atoms. The first-order valence-electron chi connectivity index (χ1n) is 5.79. The summed E-state index contributed by atoms with van der Waals surface area (Å²) in [4.78, 5) is 4.12. The molecule has 0 saturated carbocycles. The Kier molecular flexibility index (Phi) is 3.29. The molecule has 0 bridgehead atoms. The zero-order chi connectivity index (χ0) is 12.4. The molecule has 1 N–H and O–H groups in total. The lowest BCUT2D eigenvalue weighted by Crippen LogP contribution is -2.07. The Hall–Kier alpha value is -1.61. The van der Waals surface area contributed by atoms with Crippen molar-refractivity contribution in [2.75, 3.05) is 0 Å². The molecule has 0 amide bonds. The summed E-state index contributed by atoms with van der Waals surface area (Å²) in [5.41, 5.74) is 5.18. The Balaban J connectivity index is 2.36. The second-order valence-electron chi connectivity index (χ2n) is 4.51. The van der Waals surface area contributed by atoms with Crippen LogP contribution in [0.4, 0.5) is 0 Å². The van der Waals surface area contributed by atoms with Crippen LogP contribution in [0.3, 0.4) is 0 Å². The van der Waals surface area contributed by atoms with Gasteiger partial charge in [0.25, 0.3) is 0 Å². The molecule has 0 aliphatic carbocycles. The number of benzene rings is 1. The number of rotatable bonds is 3. The zero-order valence-corrected chi connectivity index (χ0v) is 10.6. The minimum atomic E-state index is -0.0169. The molecule has 3 nitrogen and oxygen atoms in total. The first kappa shape index (κ1) is 11.9. The lowest BCUT2D eigenvalue weighted by Gasteiger charge is -2.13. The van der Waals surface area contributed by atoms with Crippen molar-refractivity contribution in [2.45, 2.75) is 33.9 Å². The van der Waals surface area contributed by atoms with Crippen molar-refractivity contribution in [3.63, 3.8) is 0 Å². The molecule has 1 heterocycles. The SMILES string of the molecule is Cc1cc(C)c(Cn2ccnc2CO)c(C)c1. The van der Waals surface area contributed by atoms with Crippen molar-refractivity contribution in [1.29, 1.82) is 0 Å². The highest BCUT2D eigenvalue weighted by molar-refractivity contribution is 5.37. The molecular formula is C14H18N2O. The highest BCUT2D eigenvalue weighted by Gasteiger charge is 2.07. The van der Waals surface area contributed by atoms with Gasteiger partial charge in [0.05, 0.1) is 0 Å². The van der Waals surface area contributed by atoms with Crippen LogP contribution in [0.15, 0.2) is 24.5 Å². The molecule has 2 rings (SSSR count). The molecule has 0 aliphatic rings. The van der Waals surface area contributed by atoms with Crippen molar-refractivity contribution in [3.05, 3.63) is 52.6 Å². The van der Waals surface area contributed by atoms with E-state index in [0.29, 0.717) is 5.82 Å². The van der Waals surface area contributed by atoms with Crippen LogP contribution in [0.25, 0.3) is 0 Å². The Morgan fingerprint density at radius 1 is 1.18 bits per heavy atom. The molecule has 0 unspecified atom stereocenters. The van der Waals surface area contributed by atoms with Gasteiger partial charge >= 0.3 is 0 Å². The van der Waals surface area contributed by atoms with E-state index in [0.717, 1.165) is 6.54 Å². The summed E-state index contributed by atoms with van der Waals surface area (Å²) >= 11 is 0. The summed E-state index contributed by atoms with van der Waals surface area (Å²) < 4.78 is 1.99. The Morgan fingerprint density at radius 3 is 2.41 bits per heavy atom. The summed E-state index contributed by atoms with van der Waals surface area (Å²) in [6, 6.07) is 4.38. The predicted molar refractivity (Wildman–Crippen MR) is 67.9 cm³/mol. The van der Waals surface area contributed by atoms with E-state index in [4.69, 9.17) is 0 Å². The summed E-state index contributed by atoms with van der Waals surface area (Å²) in [6.45, 7) is 7.13. The molecule has 0 aliphatic heterocycles. The molecule has 0 atom stereocenters. The second-order valence-corrected chi connectivity index (χ2v) is 4.51. The van der Waals surface area contributed by atoms with Gasteiger partial charge in [0.15, 0.2) is 0 Å². The van der Waals surface area contributed by atoms with E-state index in [9.17, 15) is 5.11 Å². The maximum Gasteiger partial charge on any atom is 0.134 e. The molecule has 0 saturated heterocycles. The van der Waals surface area contributed by atoms with E-state index in [1.807, 2.05) is 10.8 Å². The Labute approximate surface area is 102 Å². The molecule has 2 aromatic rings. The van der Waals surface area contributed by atoms with Gasteiger partial charge < -0.3 is 9.67 Å². The van der Waals surface area contributed by atoms with Crippen molar-refractivity contribution < 1.29 is 5.11 Å². The van der Waals surface area contributed by atoms with Crippen molar-refractivity contribution in [3.8, 4) is 0 Å². The van der Waals surface area contributed by atoms with Gasteiger partial charge in [-0.2, -0.15) is 0 Å². The first-order chi connectivity index (χ1) is 8.11. The molecule has 0 spiro atoms. The largest absolute Gasteiger partial charge is 0.388 e. The minimum Gasteiger partial charge on any atom is -0.388 e. The van der Waals surface area contributed by atoms with Crippen LogP contribution >= 0.6 is 0 Å². The monoisotopic (exact) mass is 230 g/mol. The summed E-state index contributed by atoms with van der Waals surface area (Å²) in [5, 5.41) is 9.18. The van der Waals surface area contributed by atoms with E-state index in [1.54, 1.807) is 6.20 Å². The number of aliphatic hydroxyl groups excluding tert-OH is 1. The molecule has 90 valence electrons. The van der Waals surface area contributed by atoms with Crippen molar-refractivity contribution in [2.24, 2.45) is 0 Å². The van der Waals surface area contributed by atoms with Crippen LogP contribution in [-0.2, 0) is 13.2 Å². The van der Waals surface area contributed by atoms with Crippen molar-refractivity contribution >= 4 is 0 Å². The summed E-state index contributed by atoms with van der Waals surface area (Å²) in [5.74, 6) is 0.712. The van der Waals surface area contributed by atoms with Gasteiger partial charge in [0, 0.05) is 18.9 Å². The van der Waals surface area contributed by atoms with Gasteiger partial charge in [-0.25, -0.2) is 4.98 Å². The van der Waals surface area contributed by atoms with E-state index in [2.05, 4.69) is 37.9 Å². The van der Waals surface area contributed by atoms with Crippen LogP contribution in [0, 0.1) is 20.8 Å². The first-order valence-corrected chi connectivity index (χ1v) is 5.79.